The molecule has 0 aliphatic carbocycles. The summed E-state index contributed by atoms with van der Waals surface area (Å²) in [5, 5.41) is 18.8. The van der Waals surface area contributed by atoms with Crippen molar-refractivity contribution >= 4 is 50.2 Å². The predicted molar refractivity (Wildman–Crippen MR) is 120 cm³/mol. The number of hydrogen-bond donors (Lipinski definition) is 3. The summed E-state index contributed by atoms with van der Waals surface area (Å²) in [6.45, 7) is 3.59. The van der Waals surface area contributed by atoms with Crippen LogP contribution in [0.5, 0.6) is 0 Å². The third-order valence-electron chi connectivity index (χ3n) is 4.31. The van der Waals surface area contributed by atoms with Crippen LogP contribution in [-0.2, 0) is 19.6 Å². The molecule has 162 valence electrons. The van der Waals surface area contributed by atoms with E-state index in [1.165, 1.54) is 0 Å². The number of amidine groups is 1. The standard InChI is InChI=1S/C20H20N4O5S2/c1-12-3-9-16(10-4-12)31(28,29)24-15-7-5-14(6-8-15)13(2)22-23-20-21-19(27)17(30-20)11-18(25)26/h3-10,17,24H,11H2,1-2H3,(H,25,26)(H,21,23,27)/b22-13-. The normalized spacial score (nSPS) is 18.1. The van der Waals surface area contributed by atoms with Crippen molar-refractivity contribution in [1.82, 2.24) is 5.32 Å². The maximum atomic E-state index is 12.5. The molecule has 1 fully saturated rings. The van der Waals surface area contributed by atoms with Crippen LogP contribution < -0.4 is 10.0 Å². The number of rotatable bonds is 7. The summed E-state index contributed by atoms with van der Waals surface area (Å²) in [5.41, 5.74) is 2.62. The van der Waals surface area contributed by atoms with E-state index in [9.17, 15) is 18.0 Å². The molecule has 1 atom stereocenters. The number of sulfonamides is 1. The third-order valence-corrected chi connectivity index (χ3v) is 6.78. The number of carbonyl (C=O) groups excluding carboxylic acids is 1. The number of carbonyl (C=O) groups is 2. The molecule has 11 heteroatoms. The topological polar surface area (TPSA) is 137 Å². The number of aryl methyl sites for hydroxylation is 1. The van der Waals surface area contributed by atoms with E-state index in [1.807, 2.05) is 6.92 Å². The Morgan fingerprint density at radius 2 is 1.81 bits per heavy atom. The predicted octanol–water partition coefficient (Wildman–Crippen LogP) is 2.58. The smallest absolute Gasteiger partial charge is 0.305 e. The van der Waals surface area contributed by atoms with Crippen LogP contribution in [0.4, 0.5) is 5.69 Å². The average molecular weight is 461 g/mol. The van der Waals surface area contributed by atoms with Gasteiger partial charge in [-0.2, -0.15) is 5.10 Å². The highest BCUT2D eigenvalue weighted by atomic mass is 32.2. The summed E-state index contributed by atoms with van der Waals surface area (Å²) in [6, 6.07) is 13.2. The lowest BCUT2D eigenvalue weighted by atomic mass is 10.1. The van der Waals surface area contributed by atoms with Gasteiger partial charge in [0.1, 0.15) is 5.25 Å². The van der Waals surface area contributed by atoms with E-state index in [4.69, 9.17) is 5.11 Å². The van der Waals surface area contributed by atoms with E-state index < -0.39 is 27.1 Å². The number of carboxylic acids is 1. The van der Waals surface area contributed by atoms with E-state index in [2.05, 4.69) is 20.2 Å². The summed E-state index contributed by atoms with van der Waals surface area (Å²) in [7, 11) is -3.69. The first-order chi connectivity index (χ1) is 14.6. The quantitative estimate of drug-likeness (QED) is 0.429. The van der Waals surface area contributed by atoms with Gasteiger partial charge in [0.2, 0.25) is 5.91 Å². The minimum Gasteiger partial charge on any atom is -0.481 e. The van der Waals surface area contributed by atoms with E-state index >= 15 is 0 Å². The molecule has 1 aliphatic heterocycles. The van der Waals surface area contributed by atoms with Crippen LogP contribution in [-0.4, -0.2) is 41.5 Å². The Balaban J connectivity index is 1.67. The maximum absolute atomic E-state index is 12.5. The fourth-order valence-corrected chi connectivity index (χ4v) is 4.60. The molecule has 31 heavy (non-hydrogen) atoms. The van der Waals surface area contributed by atoms with Crippen LogP contribution >= 0.6 is 11.8 Å². The molecule has 0 saturated carbocycles. The lowest BCUT2D eigenvalue weighted by Crippen LogP contribution is -2.26. The lowest BCUT2D eigenvalue weighted by Gasteiger charge is -2.09. The average Bonchev–Trinajstić information content (AvgIpc) is 3.05. The van der Waals surface area contributed by atoms with Crippen LogP contribution in [0, 0.1) is 6.92 Å². The van der Waals surface area contributed by atoms with Gasteiger partial charge in [-0.25, -0.2) is 8.42 Å². The zero-order valence-corrected chi connectivity index (χ0v) is 18.3. The number of benzene rings is 2. The molecule has 0 aromatic heterocycles. The van der Waals surface area contributed by atoms with Gasteiger partial charge in [0.15, 0.2) is 5.17 Å². The number of carboxylic acid groups (broad SMARTS) is 1. The Labute approximate surface area is 183 Å². The van der Waals surface area contributed by atoms with Gasteiger partial charge in [0, 0.05) is 5.69 Å². The number of anilines is 1. The molecule has 1 aliphatic rings. The first-order valence-electron chi connectivity index (χ1n) is 9.15. The van der Waals surface area contributed by atoms with Crippen molar-refractivity contribution in [3.05, 3.63) is 59.7 Å². The van der Waals surface area contributed by atoms with Gasteiger partial charge in [-0.3, -0.25) is 14.3 Å². The Kier molecular flexibility index (Phi) is 6.76. The minimum absolute atomic E-state index is 0.174. The van der Waals surface area contributed by atoms with Crippen LogP contribution in [0.3, 0.4) is 0 Å². The van der Waals surface area contributed by atoms with Crippen molar-refractivity contribution in [3.63, 3.8) is 0 Å². The van der Waals surface area contributed by atoms with Crippen molar-refractivity contribution in [2.75, 3.05) is 4.72 Å². The number of amides is 1. The Morgan fingerprint density at radius 1 is 1.16 bits per heavy atom. The highest BCUT2D eigenvalue weighted by Crippen LogP contribution is 2.22. The first-order valence-corrected chi connectivity index (χ1v) is 11.5. The van der Waals surface area contributed by atoms with Gasteiger partial charge in [0.05, 0.1) is 17.0 Å². The summed E-state index contributed by atoms with van der Waals surface area (Å²) in [4.78, 5) is 22.7. The summed E-state index contributed by atoms with van der Waals surface area (Å²) < 4.78 is 27.5. The summed E-state index contributed by atoms with van der Waals surface area (Å²) in [6.07, 6.45) is -0.293. The molecular weight excluding hydrogens is 440 g/mol. The highest BCUT2D eigenvalue weighted by Gasteiger charge is 2.32. The molecule has 1 heterocycles. The largest absolute Gasteiger partial charge is 0.481 e. The van der Waals surface area contributed by atoms with Crippen LogP contribution in [0.2, 0.25) is 0 Å². The highest BCUT2D eigenvalue weighted by molar-refractivity contribution is 8.15. The van der Waals surface area contributed by atoms with Gasteiger partial charge < -0.3 is 10.4 Å². The Morgan fingerprint density at radius 3 is 2.42 bits per heavy atom. The van der Waals surface area contributed by atoms with E-state index in [0.717, 1.165) is 17.3 Å². The first kappa shape index (κ1) is 22.5. The van der Waals surface area contributed by atoms with Gasteiger partial charge in [0.25, 0.3) is 10.0 Å². The monoisotopic (exact) mass is 460 g/mol. The van der Waals surface area contributed by atoms with Gasteiger partial charge in [-0.15, -0.1) is 5.10 Å². The maximum Gasteiger partial charge on any atom is 0.305 e. The third kappa shape index (κ3) is 5.92. The molecule has 1 unspecified atom stereocenters. The van der Waals surface area contributed by atoms with Crippen molar-refractivity contribution in [2.45, 2.75) is 30.4 Å². The van der Waals surface area contributed by atoms with E-state index in [1.54, 1.807) is 55.5 Å². The number of aliphatic carboxylic acids is 1. The van der Waals surface area contributed by atoms with Crippen molar-refractivity contribution in [3.8, 4) is 0 Å². The number of thioether (sulfide) groups is 1. The summed E-state index contributed by atoms with van der Waals surface area (Å²) >= 11 is 1.02. The Bertz CT molecular complexity index is 1160. The van der Waals surface area contributed by atoms with E-state index in [-0.39, 0.29) is 16.5 Å². The second kappa shape index (κ2) is 9.31. The molecule has 2 aromatic carbocycles. The number of hydrogen-bond acceptors (Lipinski definition) is 7. The fourth-order valence-electron chi connectivity index (χ4n) is 2.63. The second-order valence-electron chi connectivity index (χ2n) is 6.78. The molecule has 0 spiro atoms. The lowest BCUT2D eigenvalue weighted by molar-refractivity contribution is -0.138. The van der Waals surface area contributed by atoms with Crippen molar-refractivity contribution < 1.29 is 23.1 Å². The molecular formula is C20H20N4O5S2. The number of nitrogens with one attached hydrogen (secondary N) is 2. The molecule has 1 amide bonds. The molecule has 2 aromatic rings. The summed E-state index contributed by atoms with van der Waals surface area (Å²) in [5.74, 6) is -1.48. The molecule has 3 N–H and O–H groups in total. The van der Waals surface area contributed by atoms with Gasteiger partial charge in [-0.1, -0.05) is 41.6 Å². The van der Waals surface area contributed by atoms with Crippen LogP contribution in [0.1, 0.15) is 24.5 Å². The molecule has 0 bridgehead atoms. The zero-order valence-electron chi connectivity index (χ0n) is 16.7. The fraction of sp³-hybridized carbons (Fsp3) is 0.200. The van der Waals surface area contributed by atoms with Gasteiger partial charge >= 0.3 is 5.97 Å². The van der Waals surface area contributed by atoms with Crippen LogP contribution in [0.15, 0.2) is 63.6 Å². The molecule has 0 radical (unpaired) electrons. The molecule has 1 saturated heterocycles. The molecule has 9 nitrogen and oxygen atoms in total. The minimum atomic E-state index is -3.69. The van der Waals surface area contributed by atoms with Crippen molar-refractivity contribution in [1.29, 1.82) is 0 Å². The zero-order chi connectivity index (χ0) is 22.6. The molecule has 3 rings (SSSR count). The van der Waals surface area contributed by atoms with Gasteiger partial charge in [-0.05, 0) is 43.7 Å². The second-order valence-corrected chi connectivity index (χ2v) is 9.65. The number of nitrogens with zero attached hydrogens (tertiary/aromatic N) is 2. The Hall–Kier alpha value is -3.18. The van der Waals surface area contributed by atoms with Crippen molar-refractivity contribution in [2.24, 2.45) is 10.2 Å². The SMILES string of the molecule is C/C(=N/N=C1/NC(=O)C(CC(=O)O)S1)c1ccc(NS(=O)(=O)c2ccc(C)cc2)cc1. The van der Waals surface area contributed by atoms with E-state index in [0.29, 0.717) is 17.0 Å². The van der Waals surface area contributed by atoms with Crippen LogP contribution in [0.25, 0.3) is 0 Å².